The van der Waals surface area contributed by atoms with E-state index in [1.54, 1.807) is 29.5 Å². The average Bonchev–Trinajstić information content (AvgIpc) is 2.85. The number of rotatable bonds is 3. The van der Waals surface area contributed by atoms with Gasteiger partial charge in [0.2, 0.25) is 11.8 Å². The molecule has 7 heteroatoms. The second-order valence-corrected chi connectivity index (χ2v) is 6.31. The summed E-state index contributed by atoms with van der Waals surface area (Å²) in [5.41, 5.74) is 5.74. The van der Waals surface area contributed by atoms with Gasteiger partial charge in [-0.15, -0.1) is 11.3 Å². The molecule has 4 nitrogen and oxygen atoms in total. The van der Waals surface area contributed by atoms with Gasteiger partial charge in [0.05, 0.1) is 10.4 Å². The van der Waals surface area contributed by atoms with Crippen molar-refractivity contribution in [2.24, 2.45) is 0 Å². The van der Waals surface area contributed by atoms with E-state index in [4.69, 9.17) is 33.7 Å². The maximum absolute atomic E-state index is 6.12. The second-order valence-electron chi connectivity index (χ2n) is 4.35. The maximum Gasteiger partial charge on any atom is 0.232 e. The highest BCUT2D eigenvalue weighted by molar-refractivity contribution is 7.18. The summed E-state index contributed by atoms with van der Waals surface area (Å²) >= 11 is 13.6. The van der Waals surface area contributed by atoms with Gasteiger partial charge < -0.3 is 10.5 Å². The summed E-state index contributed by atoms with van der Waals surface area (Å²) in [5.74, 6) is 1.05. The number of thiophene rings is 1. The Balaban J connectivity index is 2.08. The summed E-state index contributed by atoms with van der Waals surface area (Å²) in [5, 5.41) is 1.79. The SMILES string of the molecule is CCc1cc2c(Oc3ccc(Cl)cc3Cl)nc(N)nc2s1. The van der Waals surface area contributed by atoms with Gasteiger partial charge in [-0.3, -0.25) is 0 Å². The van der Waals surface area contributed by atoms with Crippen molar-refractivity contribution < 1.29 is 4.74 Å². The molecule has 0 amide bonds. The highest BCUT2D eigenvalue weighted by Gasteiger charge is 2.13. The minimum Gasteiger partial charge on any atom is -0.437 e. The van der Waals surface area contributed by atoms with E-state index in [0.29, 0.717) is 21.7 Å². The Kier molecular flexibility index (Phi) is 3.89. The van der Waals surface area contributed by atoms with Crippen molar-refractivity contribution in [1.82, 2.24) is 9.97 Å². The number of anilines is 1. The number of aromatic nitrogens is 2. The summed E-state index contributed by atoms with van der Waals surface area (Å²) in [6.45, 7) is 2.08. The molecule has 0 spiro atoms. The van der Waals surface area contributed by atoms with Gasteiger partial charge in [-0.1, -0.05) is 30.1 Å². The predicted molar refractivity (Wildman–Crippen MR) is 87.7 cm³/mol. The number of hydrogen-bond acceptors (Lipinski definition) is 5. The first-order valence-corrected chi connectivity index (χ1v) is 7.83. The number of hydrogen-bond donors (Lipinski definition) is 1. The van der Waals surface area contributed by atoms with Crippen LogP contribution >= 0.6 is 34.5 Å². The Morgan fingerprint density at radius 3 is 2.76 bits per heavy atom. The standard InChI is InChI=1S/C14H11Cl2N3OS/c1-2-8-6-9-12(18-14(17)19-13(9)21-8)20-11-4-3-7(15)5-10(11)16/h3-6H,2H2,1H3,(H2,17,18,19). The summed E-state index contributed by atoms with van der Waals surface area (Å²) in [6.07, 6.45) is 0.919. The first kappa shape index (κ1) is 14.4. The van der Waals surface area contributed by atoms with Crippen molar-refractivity contribution in [1.29, 1.82) is 0 Å². The first-order chi connectivity index (χ1) is 10.1. The van der Waals surface area contributed by atoms with Gasteiger partial charge in [0.15, 0.2) is 0 Å². The third-order valence-electron chi connectivity index (χ3n) is 2.88. The van der Waals surface area contributed by atoms with Gasteiger partial charge in [-0.05, 0) is 30.7 Å². The molecule has 3 aromatic rings. The lowest BCUT2D eigenvalue weighted by Crippen LogP contribution is -1.97. The van der Waals surface area contributed by atoms with E-state index < -0.39 is 0 Å². The normalized spacial score (nSPS) is 11.0. The van der Waals surface area contributed by atoms with Crippen molar-refractivity contribution in [3.8, 4) is 11.6 Å². The molecule has 0 bridgehead atoms. The number of halogens is 2. The fraction of sp³-hybridized carbons (Fsp3) is 0.143. The topological polar surface area (TPSA) is 61.0 Å². The van der Waals surface area contributed by atoms with Crippen LogP contribution in [0.1, 0.15) is 11.8 Å². The molecule has 0 saturated carbocycles. The summed E-state index contributed by atoms with van der Waals surface area (Å²) in [6, 6.07) is 7.03. The number of benzene rings is 1. The Hall–Kier alpha value is -1.56. The quantitative estimate of drug-likeness (QED) is 0.734. The molecule has 2 N–H and O–H groups in total. The fourth-order valence-corrected chi connectivity index (χ4v) is 3.29. The number of nitrogens with zero attached hydrogens (tertiary/aromatic N) is 2. The van der Waals surface area contributed by atoms with E-state index in [2.05, 4.69) is 16.9 Å². The lowest BCUT2D eigenvalue weighted by atomic mass is 10.3. The highest BCUT2D eigenvalue weighted by Crippen LogP contribution is 2.36. The fourth-order valence-electron chi connectivity index (χ4n) is 1.88. The number of fused-ring (bicyclic) bond motifs is 1. The second kappa shape index (κ2) is 5.67. The third-order valence-corrected chi connectivity index (χ3v) is 4.58. The van der Waals surface area contributed by atoms with Gasteiger partial charge >= 0.3 is 0 Å². The van der Waals surface area contributed by atoms with Crippen LogP contribution in [0.3, 0.4) is 0 Å². The summed E-state index contributed by atoms with van der Waals surface area (Å²) in [7, 11) is 0. The van der Waals surface area contributed by atoms with E-state index in [1.807, 2.05) is 6.07 Å². The lowest BCUT2D eigenvalue weighted by Gasteiger charge is -2.08. The molecule has 0 radical (unpaired) electrons. The molecule has 3 rings (SSSR count). The molecule has 0 aliphatic heterocycles. The van der Waals surface area contributed by atoms with Crippen LogP contribution in [-0.4, -0.2) is 9.97 Å². The molecule has 21 heavy (non-hydrogen) atoms. The summed E-state index contributed by atoms with van der Waals surface area (Å²) < 4.78 is 5.80. The van der Waals surface area contributed by atoms with E-state index in [-0.39, 0.29) is 5.95 Å². The number of ether oxygens (including phenoxy) is 1. The molecule has 0 unspecified atom stereocenters. The van der Waals surface area contributed by atoms with Gasteiger partial charge in [-0.25, -0.2) is 4.98 Å². The Labute approximate surface area is 135 Å². The van der Waals surface area contributed by atoms with E-state index in [9.17, 15) is 0 Å². The minimum atomic E-state index is 0.173. The van der Waals surface area contributed by atoms with Crippen LogP contribution in [0.4, 0.5) is 5.95 Å². The maximum atomic E-state index is 6.12. The molecule has 108 valence electrons. The monoisotopic (exact) mass is 339 g/mol. The molecular weight excluding hydrogens is 329 g/mol. The van der Waals surface area contributed by atoms with Crippen molar-refractivity contribution in [3.63, 3.8) is 0 Å². The van der Waals surface area contributed by atoms with Gasteiger partial charge in [0, 0.05) is 9.90 Å². The molecule has 2 aromatic heterocycles. The lowest BCUT2D eigenvalue weighted by molar-refractivity contribution is 0.469. The van der Waals surface area contributed by atoms with Crippen LogP contribution in [0, 0.1) is 0 Å². The summed E-state index contributed by atoms with van der Waals surface area (Å²) in [4.78, 5) is 10.4. The molecule has 0 aliphatic carbocycles. The van der Waals surface area contributed by atoms with Gasteiger partial charge in [0.25, 0.3) is 0 Å². The number of nitrogens with two attached hydrogens (primary N) is 1. The Morgan fingerprint density at radius 2 is 2.05 bits per heavy atom. The smallest absolute Gasteiger partial charge is 0.232 e. The number of nitrogen functional groups attached to an aromatic ring is 1. The van der Waals surface area contributed by atoms with Crippen molar-refractivity contribution in [3.05, 3.63) is 39.2 Å². The van der Waals surface area contributed by atoms with Gasteiger partial charge in [-0.2, -0.15) is 4.98 Å². The highest BCUT2D eigenvalue weighted by atomic mass is 35.5. The molecular formula is C14H11Cl2N3OS. The van der Waals surface area contributed by atoms with Crippen LogP contribution in [0.2, 0.25) is 10.0 Å². The average molecular weight is 340 g/mol. The Morgan fingerprint density at radius 1 is 1.24 bits per heavy atom. The predicted octanol–water partition coefficient (Wildman–Crippen LogP) is 4.94. The Bertz CT molecular complexity index is 819. The zero-order valence-electron chi connectivity index (χ0n) is 11.1. The first-order valence-electron chi connectivity index (χ1n) is 6.25. The van der Waals surface area contributed by atoms with Crippen LogP contribution in [0.15, 0.2) is 24.3 Å². The molecule has 0 saturated heterocycles. The zero-order valence-corrected chi connectivity index (χ0v) is 13.4. The molecule has 2 heterocycles. The van der Waals surface area contributed by atoms with Crippen molar-refractivity contribution in [2.45, 2.75) is 13.3 Å². The van der Waals surface area contributed by atoms with E-state index >= 15 is 0 Å². The zero-order chi connectivity index (χ0) is 15.0. The van der Waals surface area contributed by atoms with E-state index in [0.717, 1.165) is 16.6 Å². The van der Waals surface area contributed by atoms with E-state index in [1.165, 1.54) is 4.88 Å². The van der Waals surface area contributed by atoms with Crippen LogP contribution < -0.4 is 10.5 Å². The molecule has 0 atom stereocenters. The van der Waals surface area contributed by atoms with Crippen LogP contribution in [0.5, 0.6) is 11.6 Å². The van der Waals surface area contributed by atoms with Crippen LogP contribution in [0.25, 0.3) is 10.2 Å². The molecule has 0 aliphatic rings. The molecule has 0 fully saturated rings. The number of aryl methyl sites for hydroxylation is 1. The minimum absolute atomic E-state index is 0.173. The van der Waals surface area contributed by atoms with Crippen molar-refractivity contribution >= 4 is 50.7 Å². The largest absolute Gasteiger partial charge is 0.437 e. The molecule has 1 aromatic carbocycles. The van der Waals surface area contributed by atoms with Crippen molar-refractivity contribution in [2.75, 3.05) is 5.73 Å². The van der Waals surface area contributed by atoms with Crippen LogP contribution in [-0.2, 0) is 6.42 Å². The third kappa shape index (κ3) is 2.90. The van der Waals surface area contributed by atoms with Gasteiger partial charge in [0.1, 0.15) is 10.6 Å².